The van der Waals surface area contributed by atoms with Crippen LogP contribution in [-0.2, 0) is 0 Å². The van der Waals surface area contributed by atoms with Crippen LogP contribution in [0.4, 0.5) is 50.4 Å². The van der Waals surface area contributed by atoms with Crippen LogP contribution in [0.25, 0.3) is 0 Å². The first-order chi connectivity index (χ1) is 12.0. The van der Waals surface area contributed by atoms with Crippen LogP contribution in [-0.4, -0.2) is 85.9 Å². The molecule has 0 rings (SSSR count). The maximum absolute atomic E-state index is 10.7. The Morgan fingerprint density at radius 1 is 0.500 bits per heavy atom. The van der Waals surface area contributed by atoms with E-state index in [1.165, 1.54) is 0 Å². The van der Waals surface area contributed by atoms with E-state index in [9.17, 15) is 50.4 Å². The summed E-state index contributed by atoms with van der Waals surface area (Å²) in [5, 5.41) is 1.48. The second kappa shape index (κ2) is 9.58. The maximum atomic E-state index is 9.87. The zero-order valence-corrected chi connectivity index (χ0v) is 20.3. The molecule has 0 N–H and O–H groups in total. The monoisotopic (exact) mass is 560 g/mol. The van der Waals surface area contributed by atoms with Gasteiger partial charge in [0.15, 0.2) is 0 Å². The van der Waals surface area contributed by atoms with E-state index in [1.807, 2.05) is 75.3 Å². The summed E-state index contributed by atoms with van der Waals surface area (Å²) in [4.78, 5) is 3.70. The predicted molar refractivity (Wildman–Crippen MR) is 100 cm³/mol. The summed E-state index contributed by atoms with van der Waals surface area (Å²) in [6.45, 7) is 0. The Morgan fingerprint density at radius 2 is 0.600 bits per heavy atom. The molecule has 192 valence electrons. The zero-order chi connectivity index (χ0) is 26.3. The molecule has 0 aromatic heterocycles. The molecule has 0 fully saturated rings. The van der Waals surface area contributed by atoms with Crippen molar-refractivity contribution < 1.29 is 59.5 Å². The van der Waals surface area contributed by atoms with Gasteiger partial charge in [0.25, 0.3) is 0 Å². The van der Waals surface area contributed by atoms with Gasteiger partial charge in [-0.1, -0.05) is 0 Å². The summed E-state index contributed by atoms with van der Waals surface area (Å²) in [6.07, 6.45) is 0. The Balaban J connectivity index is -0.000000151. The van der Waals surface area contributed by atoms with E-state index in [-0.39, 0.29) is 0 Å². The van der Waals surface area contributed by atoms with Gasteiger partial charge in [0.2, 0.25) is 0 Å². The fourth-order valence-electron chi connectivity index (χ4n) is 0.800. The first-order valence-corrected chi connectivity index (χ1v) is 11.7. The molecule has 0 spiro atoms. The molecule has 0 atom stereocenters. The molecule has 0 saturated carbocycles. The minimum absolute atomic E-state index is 0.741. The summed E-state index contributed by atoms with van der Waals surface area (Å²) in [7, 11) is -6.07. The summed E-state index contributed by atoms with van der Waals surface area (Å²) in [6, 6.07) is 0. The van der Waals surface area contributed by atoms with Crippen LogP contribution in [0.3, 0.4) is 0 Å². The molecule has 0 aliphatic rings. The minimum atomic E-state index is -10.7. The molecule has 0 aliphatic heterocycles. The van der Waals surface area contributed by atoms with Crippen LogP contribution < -0.4 is 0 Å². The molecule has 0 radical (unpaired) electrons. The molecule has 0 amide bonds. The van der Waals surface area contributed by atoms with Crippen molar-refractivity contribution in [3.8, 4) is 0 Å². The van der Waals surface area contributed by atoms with Gasteiger partial charge in [-0.15, -0.1) is 0 Å². The third-order valence-electron chi connectivity index (χ3n) is 1.48. The summed E-state index contributed by atoms with van der Waals surface area (Å²) < 4.78 is 122. The van der Waals surface area contributed by atoms with Crippen LogP contribution in [0.15, 0.2) is 0 Å². The van der Waals surface area contributed by atoms with Crippen molar-refractivity contribution in [3.63, 3.8) is 0 Å². The van der Waals surface area contributed by atoms with Crippen LogP contribution in [0.2, 0.25) is 0 Å². The molecule has 0 bridgehead atoms. The van der Waals surface area contributed by atoms with E-state index in [4.69, 9.17) is 23.2 Å². The van der Waals surface area contributed by atoms with E-state index in [2.05, 4.69) is 0 Å². The average molecular weight is 561 g/mol. The van der Waals surface area contributed by atoms with Gasteiger partial charge < -0.3 is 0 Å². The summed E-state index contributed by atoms with van der Waals surface area (Å²) >= 11 is 11.4. The summed E-state index contributed by atoms with van der Waals surface area (Å²) in [5.74, 6) is 0. The quantitative estimate of drug-likeness (QED) is 0.0755. The van der Waals surface area contributed by atoms with E-state index >= 15 is 0 Å². The Morgan fingerprint density at radius 3 is 0.600 bits per heavy atom. The molecule has 0 saturated heterocycles. The van der Waals surface area contributed by atoms with Crippen molar-refractivity contribution >= 4 is 49.4 Å². The molecule has 0 aromatic carbocycles. The average Bonchev–Trinajstić information content (AvgIpc) is 2.29. The normalized spacial score (nSPS) is 15.4. The molecule has 20 heteroatoms. The van der Waals surface area contributed by atoms with Crippen molar-refractivity contribution in [2.24, 2.45) is 0 Å². The number of rotatable bonds is 0. The van der Waals surface area contributed by atoms with Crippen molar-refractivity contribution in [1.29, 1.82) is 0 Å². The van der Waals surface area contributed by atoms with E-state index in [0.29, 0.717) is 0 Å². The van der Waals surface area contributed by atoms with Crippen molar-refractivity contribution in [2.45, 2.75) is 0 Å². The number of halogens is 14. The number of nitrogens with zero attached hydrogens (tertiary/aromatic N) is 4. The predicted octanol–water partition coefficient (Wildman–Crippen LogP) is 7.59. The molecular formula is C10H24Cl2F12N4P2. The Bertz CT molecular complexity index is 535. The second-order valence-electron chi connectivity index (χ2n) is 6.03. The van der Waals surface area contributed by atoms with Gasteiger partial charge in [0.05, 0.1) is 56.4 Å². The number of hydrogen-bond acceptors (Lipinski definition) is 0. The van der Waals surface area contributed by atoms with E-state index in [0.717, 1.165) is 10.6 Å². The number of hydrogen-bond donors (Lipinski definition) is 0. The Labute approximate surface area is 175 Å². The van der Waals surface area contributed by atoms with Crippen molar-refractivity contribution in [3.05, 3.63) is 0 Å². The van der Waals surface area contributed by atoms with Gasteiger partial charge in [-0.05, 0) is 0 Å². The van der Waals surface area contributed by atoms with Crippen LogP contribution in [0, 0.1) is 0 Å². The van der Waals surface area contributed by atoms with Gasteiger partial charge in [-0.2, -0.15) is 0 Å². The molecular weight excluding hydrogens is 537 g/mol. The summed E-state index contributed by atoms with van der Waals surface area (Å²) in [5.41, 5.74) is 0. The molecule has 30 heavy (non-hydrogen) atoms. The van der Waals surface area contributed by atoms with Crippen molar-refractivity contribution in [2.75, 3.05) is 56.4 Å². The third kappa shape index (κ3) is 80.3. The van der Waals surface area contributed by atoms with E-state index in [1.54, 1.807) is 0 Å². The van der Waals surface area contributed by atoms with Crippen LogP contribution in [0.5, 0.6) is 0 Å². The topological polar surface area (TPSA) is 12.5 Å². The number of amidine groups is 2. The standard InChI is InChI=1S/2C5H12ClN2.2F6P/c2*1-7(2)5(6)8(3)4;2*1-7(2,3,4,5)6/h2*1-4H3;;/q2*+1;2*-1. The Kier molecular flexibility index (Phi) is 11.8. The van der Waals surface area contributed by atoms with E-state index < -0.39 is 15.6 Å². The van der Waals surface area contributed by atoms with Crippen LogP contribution >= 0.6 is 38.8 Å². The fraction of sp³-hybridized carbons (Fsp3) is 0.800. The van der Waals surface area contributed by atoms with Gasteiger partial charge in [0.1, 0.15) is 0 Å². The first kappa shape index (κ1) is 36.9. The Hall–Kier alpha value is -0.460. The zero-order valence-electron chi connectivity index (χ0n) is 17.0. The fourth-order valence-corrected chi connectivity index (χ4v) is 0.800. The van der Waals surface area contributed by atoms with Gasteiger partial charge >= 0.3 is 76.6 Å². The second-order valence-corrected chi connectivity index (χ2v) is 10.5. The molecule has 0 unspecified atom stereocenters. The molecule has 0 aromatic rings. The SMILES string of the molecule is CN(C)C(Cl)=[N+](C)C.CN(C)C(Cl)=[N+](C)C.F[P-](F)(F)(F)(F)F.F[P-](F)(F)(F)(F)F. The first-order valence-electron chi connectivity index (χ1n) is 6.88. The molecule has 0 heterocycles. The van der Waals surface area contributed by atoms with Crippen molar-refractivity contribution in [1.82, 2.24) is 9.80 Å². The third-order valence-corrected chi connectivity index (χ3v) is 2.83. The van der Waals surface area contributed by atoms with Gasteiger partial charge in [-0.25, -0.2) is 0 Å². The van der Waals surface area contributed by atoms with Crippen LogP contribution in [0.1, 0.15) is 0 Å². The molecule has 4 nitrogen and oxygen atoms in total. The van der Waals surface area contributed by atoms with Gasteiger partial charge in [0, 0.05) is 23.2 Å². The molecule has 0 aliphatic carbocycles. The van der Waals surface area contributed by atoms with Gasteiger partial charge in [-0.3, -0.25) is 19.0 Å².